The molecule has 0 saturated carbocycles. The van der Waals surface area contributed by atoms with Gasteiger partial charge in [-0.1, -0.05) is 18.2 Å². The molecule has 0 aliphatic carbocycles. The third kappa shape index (κ3) is 4.13. The van der Waals surface area contributed by atoms with Crippen molar-refractivity contribution in [3.8, 4) is 22.9 Å². The highest BCUT2D eigenvalue weighted by Gasteiger charge is 2.16. The van der Waals surface area contributed by atoms with Crippen molar-refractivity contribution in [1.29, 1.82) is 0 Å². The van der Waals surface area contributed by atoms with E-state index in [0.29, 0.717) is 33.0 Å². The van der Waals surface area contributed by atoms with Crippen LogP contribution in [0.15, 0.2) is 46.9 Å². The van der Waals surface area contributed by atoms with Gasteiger partial charge in [0.2, 0.25) is 5.82 Å². The van der Waals surface area contributed by atoms with Crippen LogP contribution < -0.4 is 14.8 Å². The summed E-state index contributed by atoms with van der Waals surface area (Å²) in [6, 6.07) is 12.6. The van der Waals surface area contributed by atoms with E-state index < -0.39 is 0 Å². The summed E-state index contributed by atoms with van der Waals surface area (Å²) in [5, 5.41) is 16.5. The van der Waals surface area contributed by atoms with Crippen LogP contribution in [0.25, 0.3) is 11.4 Å². The van der Waals surface area contributed by atoms with Gasteiger partial charge in [0.1, 0.15) is 0 Å². The van der Waals surface area contributed by atoms with E-state index in [1.54, 1.807) is 24.3 Å². The first kappa shape index (κ1) is 16.9. The van der Waals surface area contributed by atoms with Gasteiger partial charge in [-0.25, -0.2) is 0 Å². The maximum Gasteiger partial charge on any atom is 0.262 e. The van der Waals surface area contributed by atoms with Crippen LogP contribution in [0.5, 0.6) is 11.5 Å². The predicted octanol–water partition coefficient (Wildman–Crippen LogP) is 2.66. The maximum absolute atomic E-state index is 12.0. The Morgan fingerprint density at radius 2 is 2.08 bits per heavy atom. The van der Waals surface area contributed by atoms with Crippen molar-refractivity contribution in [3.63, 3.8) is 0 Å². The normalized spacial score (nSPS) is 10.3. The summed E-state index contributed by atoms with van der Waals surface area (Å²) in [4.78, 5) is 12.0. The zero-order valence-corrected chi connectivity index (χ0v) is 14.8. The van der Waals surface area contributed by atoms with Crippen molar-refractivity contribution >= 4 is 27.5 Å². The van der Waals surface area contributed by atoms with Gasteiger partial charge < -0.3 is 14.8 Å². The first-order valence-electron chi connectivity index (χ1n) is 7.26. The van der Waals surface area contributed by atoms with Crippen molar-refractivity contribution in [1.82, 2.24) is 20.6 Å². The molecule has 3 aromatic rings. The number of para-hydroxylation sites is 1. The van der Waals surface area contributed by atoms with Crippen molar-refractivity contribution in [3.05, 3.63) is 46.9 Å². The molecular weight excluding hydrogens is 390 g/mol. The van der Waals surface area contributed by atoms with Crippen LogP contribution in [0.3, 0.4) is 0 Å². The van der Waals surface area contributed by atoms with Crippen LogP contribution in [-0.2, 0) is 4.79 Å². The molecule has 1 heterocycles. The van der Waals surface area contributed by atoms with E-state index in [1.807, 2.05) is 18.2 Å². The highest BCUT2D eigenvalue weighted by molar-refractivity contribution is 9.10. The summed E-state index contributed by atoms with van der Waals surface area (Å²) >= 11 is 3.42. The number of hydrogen-bond acceptors (Lipinski definition) is 6. The first-order chi connectivity index (χ1) is 12.2. The Morgan fingerprint density at radius 1 is 1.28 bits per heavy atom. The number of H-pyrrole nitrogens is 1. The fourth-order valence-electron chi connectivity index (χ4n) is 2.13. The summed E-state index contributed by atoms with van der Waals surface area (Å²) in [5.74, 6) is 1.01. The van der Waals surface area contributed by atoms with Crippen molar-refractivity contribution in [2.24, 2.45) is 0 Å². The van der Waals surface area contributed by atoms with Gasteiger partial charge in [-0.3, -0.25) is 4.79 Å². The van der Waals surface area contributed by atoms with Crippen molar-refractivity contribution < 1.29 is 14.3 Å². The molecule has 0 saturated heterocycles. The molecular formula is C16H14BrN5O3. The number of hydrogen-bond donors (Lipinski definition) is 2. The minimum absolute atomic E-state index is 0.161. The molecule has 2 N–H and O–H groups in total. The number of ether oxygens (including phenoxy) is 2. The Bertz CT molecular complexity index is 856. The molecule has 2 aromatic carbocycles. The molecule has 0 unspecified atom stereocenters. The molecule has 8 nitrogen and oxygen atoms in total. The van der Waals surface area contributed by atoms with E-state index in [2.05, 4.69) is 41.9 Å². The van der Waals surface area contributed by atoms with Gasteiger partial charge in [-0.05, 0) is 45.4 Å². The Balaban J connectivity index is 1.72. The van der Waals surface area contributed by atoms with E-state index in [1.165, 1.54) is 7.11 Å². The second-order valence-electron chi connectivity index (χ2n) is 4.93. The van der Waals surface area contributed by atoms with E-state index in [-0.39, 0.29) is 12.5 Å². The second kappa shape index (κ2) is 7.75. The lowest BCUT2D eigenvalue weighted by Crippen LogP contribution is -2.20. The zero-order valence-electron chi connectivity index (χ0n) is 13.2. The molecule has 9 heteroatoms. The molecule has 25 heavy (non-hydrogen) atoms. The number of anilines is 1. The molecule has 0 atom stereocenters. The van der Waals surface area contributed by atoms with Crippen molar-refractivity contribution in [2.45, 2.75) is 0 Å². The van der Waals surface area contributed by atoms with Gasteiger partial charge in [-0.15, -0.1) is 10.2 Å². The van der Waals surface area contributed by atoms with E-state index >= 15 is 0 Å². The minimum Gasteiger partial charge on any atom is -0.493 e. The predicted molar refractivity (Wildman–Crippen MR) is 94.4 cm³/mol. The highest BCUT2D eigenvalue weighted by Crippen LogP contribution is 2.38. The lowest BCUT2D eigenvalue weighted by Gasteiger charge is -2.13. The van der Waals surface area contributed by atoms with E-state index in [0.717, 1.165) is 0 Å². The number of aromatic nitrogens is 4. The molecule has 0 spiro atoms. The molecule has 128 valence electrons. The fraction of sp³-hybridized carbons (Fsp3) is 0.125. The van der Waals surface area contributed by atoms with Gasteiger partial charge in [0.15, 0.2) is 18.1 Å². The van der Waals surface area contributed by atoms with Crippen LogP contribution in [0.2, 0.25) is 0 Å². The number of carbonyl (C=O) groups is 1. The Labute approximate surface area is 151 Å². The maximum atomic E-state index is 12.0. The molecule has 0 radical (unpaired) electrons. The number of tetrazole rings is 1. The Hall–Kier alpha value is -2.94. The van der Waals surface area contributed by atoms with E-state index in [4.69, 9.17) is 9.47 Å². The monoisotopic (exact) mass is 403 g/mol. The zero-order chi connectivity index (χ0) is 17.6. The summed E-state index contributed by atoms with van der Waals surface area (Å²) in [6.07, 6.45) is 0. The molecule has 3 rings (SSSR count). The van der Waals surface area contributed by atoms with Gasteiger partial charge >= 0.3 is 0 Å². The summed E-state index contributed by atoms with van der Waals surface area (Å²) in [7, 11) is 1.51. The number of nitrogens with zero attached hydrogens (tertiary/aromatic N) is 3. The van der Waals surface area contributed by atoms with Crippen LogP contribution in [0.1, 0.15) is 0 Å². The number of halogens is 1. The van der Waals surface area contributed by atoms with Crippen LogP contribution in [0, 0.1) is 0 Å². The third-order valence-corrected chi connectivity index (χ3v) is 3.83. The van der Waals surface area contributed by atoms with Crippen LogP contribution >= 0.6 is 15.9 Å². The van der Waals surface area contributed by atoms with Crippen LogP contribution in [-0.4, -0.2) is 40.2 Å². The summed E-state index contributed by atoms with van der Waals surface area (Å²) < 4.78 is 11.6. The lowest BCUT2D eigenvalue weighted by molar-refractivity contribution is -0.118. The third-order valence-electron chi connectivity index (χ3n) is 3.24. The summed E-state index contributed by atoms with van der Waals surface area (Å²) in [6.45, 7) is -0.161. The Kier molecular flexibility index (Phi) is 5.24. The fourth-order valence-corrected chi connectivity index (χ4v) is 2.69. The number of carbonyl (C=O) groups excluding carboxylic acids is 1. The molecule has 1 aromatic heterocycles. The standard InChI is InChI=1S/C16H14BrN5O3/c1-24-13-8-10(16-19-21-22-20-16)7-12(17)15(13)25-9-14(23)18-11-5-3-2-4-6-11/h2-8H,9H2,1H3,(H,18,23)(H,19,20,21,22). The van der Waals surface area contributed by atoms with Gasteiger partial charge in [-0.2, -0.15) is 5.21 Å². The lowest BCUT2D eigenvalue weighted by atomic mass is 10.2. The topological polar surface area (TPSA) is 102 Å². The Morgan fingerprint density at radius 3 is 2.76 bits per heavy atom. The largest absolute Gasteiger partial charge is 0.493 e. The quantitative estimate of drug-likeness (QED) is 0.655. The molecule has 0 fully saturated rings. The highest BCUT2D eigenvalue weighted by atomic mass is 79.9. The number of methoxy groups -OCH3 is 1. The van der Waals surface area contributed by atoms with Crippen LogP contribution in [0.4, 0.5) is 5.69 Å². The second-order valence-corrected chi connectivity index (χ2v) is 5.78. The smallest absolute Gasteiger partial charge is 0.262 e. The van der Waals surface area contributed by atoms with E-state index in [9.17, 15) is 4.79 Å². The van der Waals surface area contributed by atoms with Crippen molar-refractivity contribution in [2.75, 3.05) is 19.0 Å². The number of rotatable bonds is 6. The average molecular weight is 404 g/mol. The molecule has 1 amide bonds. The number of benzene rings is 2. The van der Waals surface area contributed by atoms with Gasteiger partial charge in [0.25, 0.3) is 5.91 Å². The molecule has 0 bridgehead atoms. The minimum atomic E-state index is -0.276. The van der Waals surface area contributed by atoms with Gasteiger partial charge in [0, 0.05) is 11.3 Å². The SMILES string of the molecule is COc1cc(-c2nn[nH]n2)cc(Br)c1OCC(=O)Nc1ccccc1. The molecule has 0 aliphatic heterocycles. The average Bonchev–Trinajstić information content (AvgIpc) is 3.15. The number of aromatic amines is 1. The number of amides is 1. The number of nitrogens with one attached hydrogen (secondary N) is 2. The first-order valence-corrected chi connectivity index (χ1v) is 8.05. The van der Waals surface area contributed by atoms with Gasteiger partial charge in [0.05, 0.1) is 11.6 Å². The summed E-state index contributed by atoms with van der Waals surface area (Å²) in [5.41, 5.74) is 1.40. The molecule has 0 aliphatic rings.